The van der Waals surface area contributed by atoms with Crippen LogP contribution in [0.2, 0.25) is 0 Å². The summed E-state index contributed by atoms with van der Waals surface area (Å²) in [6, 6.07) is 18.1. The summed E-state index contributed by atoms with van der Waals surface area (Å²) in [5.41, 5.74) is 2.11. The zero-order chi connectivity index (χ0) is 18.6. The molecule has 0 saturated heterocycles. The second-order valence-corrected chi connectivity index (χ2v) is 6.80. The van der Waals surface area contributed by atoms with Crippen molar-refractivity contribution in [2.45, 2.75) is 32.9 Å². The van der Waals surface area contributed by atoms with Gasteiger partial charge in [0.05, 0.1) is 18.8 Å². The van der Waals surface area contributed by atoms with E-state index in [4.69, 9.17) is 4.74 Å². The minimum atomic E-state index is -0.918. The average molecular weight is 352 g/mol. The van der Waals surface area contributed by atoms with Gasteiger partial charge < -0.3 is 14.5 Å². The fourth-order valence-corrected chi connectivity index (χ4v) is 3.58. The first-order valence-electron chi connectivity index (χ1n) is 9.41. The van der Waals surface area contributed by atoms with Crippen molar-refractivity contribution in [3.8, 4) is 0 Å². The van der Waals surface area contributed by atoms with E-state index in [1.807, 2.05) is 66.4 Å². The van der Waals surface area contributed by atoms with Crippen LogP contribution < -0.4 is 4.90 Å². The van der Waals surface area contributed by atoms with Crippen molar-refractivity contribution >= 4 is 11.6 Å². The number of para-hydroxylation sites is 1. The van der Waals surface area contributed by atoms with E-state index in [1.54, 1.807) is 0 Å². The molecular formula is C22H28N2O2. The third kappa shape index (κ3) is 3.53. The fraction of sp³-hybridized carbons (Fsp3) is 0.409. The number of ether oxygens (including phenoxy) is 1. The predicted octanol–water partition coefficient (Wildman–Crippen LogP) is 3.81. The smallest absolute Gasteiger partial charge is 0.263 e. The van der Waals surface area contributed by atoms with Crippen LogP contribution in [0.1, 0.15) is 31.9 Å². The van der Waals surface area contributed by atoms with E-state index in [9.17, 15) is 4.79 Å². The number of hydrogen-bond acceptors (Lipinski definition) is 3. The Kier molecular flexibility index (Phi) is 5.74. The van der Waals surface area contributed by atoms with Gasteiger partial charge in [0.2, 0.25) is 0 Å². The van der Waals surface area contributed by atoms with Gasteiger partial charge in [-0.05, 0) is 31.6 Å². The molecule has 0 spiro atoms. The zero-order valence-electron chi connectivity index (χ0n) is 15.9. The van der Waals surface area contributed by atoms with Gasteiger partial charge in [0.25, 0.3) is 5.91 Å². The number of benzene rings is 2. The molecule has 0 saturated carbocycles. The summed E-state index contributed by atoms with van der Waals surface area (Å²) in [6.45, 7) is 10.1. The highest BCUT2D eigenvalue weighted by molar-refractivity contribution is 6.06. The summed E-state index contributed by atoms with van der Waals surface area (Å²) in [4.78, 5) is 17.4. The van der Waals surface area contributed by atoms with E-state index in [-0.39, 0.29) is 5.91 Å². The normalized spacial score (nSPS) is 19.2. The van der Waals surface area contributed by atoms with Crippen molar-refractivity contribution in [1.29, 1.82) is 0 Å². The Balaban J connectivity index is 1.81. The number of anilines is 1. The van der Waals surface area contributed by atoms with Gasteiger partial charge in [0.15, 0.2) is 5.60 Å². The first-order valence-corrected chi connectivity index (χ1v) is 9.41. The minimum Gasteiger partial charge on any atom is -0.359 e. The second kappa shape index (κ2) is 8.02. The monoisotopic (exact) mass is 352 g/mol. The zero-order valence-corrected chi connectivity index (χ0v) is 15.9. The van der Waals surface area contributed by atoms with Crippen molar-refractivity contribution in [2.24, 2.45) is 0 Å². The molecule has 0 aliphatic carbocycles. The van der Waals surface area contributed by atoms with E-state index in [2.05, 4.69) is 18.7 Å². The molecule has 2 aromatic rings. The number of hydrogen-bond donors (Lipinski definition) is 0. The quantitative estimate of drug-likeness (QED) is 0.724. The van der Waals surface area contributed by atoms with Crippen LogP contribution in [0.3, 0.4) is 0 Å². The Bertz CT molecular complexity index is 743. The molecule has 3 rings (SSSR count). The number of carbonyl (C=O) groups is 1. The third-order valence-electron chi connectivity index (χ3n) is 5.24. The molecule has 138 valence electrons. The molecule has 0 bridgehead atoms. The number of fused-ring (bicyclic) bond motifs is 1. The molecule has 0 radical (unpaired) electrons. The van der Waals surface area contributed by atoms with Crippen molar-refractivity contribution in [2.75, 3.05) is 31.1 Å². The van der Waals surface area contributed by atoms with Gasteiger partial charge in [-0.25, -0.2) is 0 Å². The lowest BCUT2D eigenvalue weighted by Gasteiger charge is -2.27. The lowest BCUT2D eigenvalue weighted by Crippen LogP contribution is -2.41. The molecule has 1 aliphatic heterocycles. The maximum Gasteiger partial charge on any atom is 0.263 e. The maximum atomic E-state index is 13.3. The third-order valence-corrected chi connectivity index (χ3v) is 5.24. The van der Waals surface area contributed by atoms with Gasteiger partial charge in [-0.1, -0.05) is 62.4 Å². The largest absolute Gasteiger partial charge is 0.359 e. The molecule has 1 unspecified atom stereocenters. The number of amides is 1. The summed E-state index contributed by atoms with van der Waals surface area (Å²) in [5.74, 6) is 0.0158. The van der Waals surface area contributed by atoms with E-state index in [0.717, 1.165) is 36.4 Å². The average Bonchev–Trinajstić information content (AvgIpc) is 2.89. The first kappa shape index (κ1) is 18.6. The molecule has 26 heavy (non-hydrogen) atoms. The lowest BCUT2D eigenvalue weighted by atomic mass is 9.97. The molecular weight excluding hydrogens is 324 g/mol. The Labute approximate surface area is 156 Å². The molecule has 0 aromatic heterocycles. The molecule has 4 heteroatoms. The number of carbonyl (C=O) groups excluding carboxylic acids is 1. The van der Waals surface area contributed by atoms with E-state index in [0.29, 0.717) is 13.2 Å². The highest BCUT2D eigenvalue weighted by Crippen LogP contribution is 2.43. The van der Waals surface area contributed by atoms with Gasteiger partial charge >= 0.3 is 0 Å². The summed E-state index contributed by atoms with van der Waals surface area (Å²) in [5, 5.41) is 0. The molecule has 2 aromatic carbocycles. The maximum absolute atomic E-state index is 13.3. The van der Waals surface area contributed by atoms with Crippen molar-refractivity contribution in [3.05, 3.63) is 65.7 Å². The van der Waals surface area contributed by atoms with Crippen molar-refractivity contribution < 1.29 is 9.53 Å². The van der Waals surface area contributed by atoms with E-state index in [1.165, 1.54) is 0 Å². The first-order chi connectivity index (χ1) is 12.6. The highest BCUT2D eigenvalue weighted by Gasteiger charge is 2.48. The standard InChI is InChI=1S/C22H28N2O2/c1-4-23(5-2)15-16-26-22(3)19-13-9-10-14-20(19)24(21(22)25)17-18-11-7-6-8-12-18/h6-14H,4-5,15-17H2,1-3H3. The molecule has 4 nitrogen and oxygen atoms in total. The summed E-state index contributed by atoms with van der Waals surface area (Å²) in [6.07, 6.45) is 0. The minimum absolute atomic E-state index is 0.0158. The Hall–Kier alpha value is -2.17. The molecule has 1 atom stereocenters. The van der Waals surface area contributed by atoms with Crippen LogP contribution in [-0.2, 0) is 21.7 Å². The molecule has 1 amide bonds. The van der Waals surface area contributed by atoms with Gasteiger partial charge in [-0.2, -0.15) is 0 Å². The van der Waals surface area contributed by atoms with Crippen LogP contribution in [0.15, 0.2) is 54.6 Å². The van der Waals surface area contributed by atoms with Crippen LogP contribution in [0.25, 0.3) is 0 Å². The second-order valence-electron chi connectivity index (χ2n) is 6.80. The molecule has 1 aliphatic rings. The van der Waals surface area contributed by atoms with Gasteiger partial charge in [-0.3, -0.25) is 4.79 Å². The molecule has 1 heterocycles. The number of rotatable bonds is 8. The summed E-state index contributed by atoms with van der Waals surface area (Å²) in [7, 11) is 0. The van der Waals surface area contributed by atoms with Crippen LogP contribution in [0.5, 0.6) is 0 Å². The Morgan fingerprint density at radius 2 is 1.65 bits per heavy atom. The van der Waals surface area contributed by atoms with E-state index >= 15 is 0 Å². The number of likely N-dealkylation sites (N-methyl/N-ethyl adjacent to an activating group) is 1. The Morgan fingerprint density at radius 3 is 2.35 bits per heavy atom. The van der Waals surface area contributed by atoms with Crippen LogP contribution in [-0.4, -0.2) is 37.0 Å². The summed E-state index contributed by atoms with van der Waals surface area (Å²) < 4.78 is 6.20. The lowest BCUT2D eigenvalue weighted by molar-refractivity contribution is -0.142. The Morgan fingerprint density at radius 1 is 1.00 bits per heavy atom. The SMILES string of the molecule is CCN(CC)CCOC1(C)C(=O)N(Cc2ccccc2)c2ccccc21. The van der Waals surface area contributed by atoms with E-state index < -0.39 is 5.60 Å². The van der Waals surface area contributed by atoms with Gasteiger partial charge in [0, 0.05) is 12.1 Å². The van der Waals surface area contributed by atoms with Gasteiger partial charge in [-0.15, -0.1) is 0 Å². The topological polar surface area (TPSA) is 32.8 Å². The van der Waals surface area contributed by atoms with Crippen molar-refractivity contribution in [1.82, 2.24) is 4.90 Å². The summed E-state index contributed by atoms with van der Waals surface area (Å²) >= 11 is 0. The van der Waals surface area contributed by atoms with Gasteiger partial charge in [0.1, 0.15) is 0 Å². The van der Waals surface area contributed by atoms with Crippen LogP contribution >= 0.6 is 0 Å². The van der Waals surface area contributed by atoms with Crippen LogP contribution in [0, 0.1) is 0 Å². The predicted molar refractivity (Wildman–Crippen MR) is 105 cm³/mol. The van der Waals surface area contributed by atoms with Crippen LogP contribution in [0.4, 0.5) is 5.69 Å². The van der Waals surface area contributed by atoms with Crippen molar-refractivity contribution in [3.63, 3.8) is 0 Å². The highest BCUT2D eigenvalue weighted by atomic mass is 16.5. The fourth-order valence-electron chi connectivity index (χ4n) is 3.58. The molecule has 0 N–H and O–H groups in total. The molecule has 0 fully saturated rings. The number of nitrogens with zero attached hydrogens (tertiary/aromatic N) is 2.